The molecular weight excluding hydrogens is 374 g/mol. The minimum absolute atomic E-state index is 0.0632. The fourth-order valence-corrected chi connectivity index (χ4v) is 2.99. The highest BCUT2D eigenvalue weighted by molar-refractivity contribution is 5.55. The molecule has 29 heavy (non-hydrogen) atoms. The zero-order valence-corrected chi connectivity index (χ0v) is 15.9. The molecule has 0 aliphatic heterocycles. The Labute approximate surface area is 166 Å². The normalized spacial score (nSPS) is 12.1. The van der Waals surface area contributed by atoms with Gasteiger partial charge in [-0.1, -0.05) is 36.4 Å². The van der Waals surface area contributed by atoms with Gasteiger partial charge in [0.05, 0.1) is 17.6 Å². The fourth-order valence-electron chi connectivity index (χ4n) is 2.99. The van der Waals surface area contributed by atoms with Crippen LogP contribution in [0.2, 0.25) is 0 Å². The quantitative estimate of drug-likeness (QED) is 0.491. The molecule has 7 nitrogen and oxygen atoms in total. The summed E-state index contributed by atoms with van der Waals surface area (Å²) >= 11 is 0. The lowest BCUT2D eigenvalue weighted by molar-refractivity contribution is -0.384. The van der Waals surface area contributed by atoms with Gasteiger partial charge in [0.15, 0.2) is 0 Å². The molecule has 1 heterocycles. The predicted octanol–water partition coefficient (Wildman–Crippen LogP) is 4.42. The van der Waals surface area contributed by atoms with Gasteiger partial charge in [0, 0.05) is 24.1 Å². The van der Waals surface area contributed by atoms with E-state index in [-0.39, 0.29) is 22.8 Å². The van der Waals surface area contributed by atoms with Crippen molar-refractivity contribution in [3.8, 4) is 11.5 Å². The first-order valence-electron chi connectivity index (χ1n) is 8.79. The van der Waals surface area contributed by atoms with Crippen molar-refractivity contribution >= 4 is 11.8 Å². The van der Waals surface area contributed by atoms with E-state index in [9.17, 15) is 20.0 Å². The molecule has 0 fully saturated rings. The van der Waals surface area contributed by atoms with Crippen molar-refractivity contribution in [1.82, 2.24) is 0 Å². The van der Waals surface area contributed by atoms with Crippen molar-refractivity contribution < 1.29 is 19.2 Å². The molecule has 1 aromatic heterocycles. The molecule has 0 aliphatic carbocycles. The number of ether oxygens (including phenoxy) is 1. The molecule has 3 aromatic rings. The van der Waals surface area contributed by atoms with Crippen molar-refractivity contribution in [2.24, 2.45) is 0 Å². The Bertz CT molecular complexity index is 1100. The second kappa shape index (κ2) is 8.43. The number of aromatic hydroxyl groups is 1. The Morgan fingerprint density at radius 1 is 1.14 bits per heavy atom. The molecule has 1 unspecified atom stereocenters. The number of rotatable bonds is 6. The highest BCUT2D eigenvalue weighted by Crippen LogP contribution is 2.32. The number of allylic oxidation sites excluding steroid dienone is 1. The van der Waals surface area contributed by atoms with E-state index in [1.807, 2.05) is 12.1 Å². The number of nitrogens with zero attached hydrogens (tertiary/aromatic N) is 1. The summed E-state index contributed by atoms with van der Waals surface area (Å²) in [6.45, 7) is 1.57. The molecule has 0 radical (unpaired) electrons. The highest BCUT2D eigenvalue weighted by atomic mass is 16.6. The van der Waals surface area contributed by atoms with Crippen LogP contribution in [0.25, 0.3) is 6.08 Å². The maximum Gasteiger partial charge on any atom is 0.343 e. The van der Waals surface area contributed by atoms with Gasteiger partial charge in [0.2, 0.25) is 0 Å². The minimum Gasteiger partial charge on any atom is -0.507 e. The van der Waals surface area contributed by atoms with Gasteiger partial charge in [-0.15, -0.1) is 0 Å². The summed E-state index contributed by atoms with van der Waals surface area (Å²) in [6.07, 6.45) is 3.54. The average Bonchev–Trinajstić information content (AvgIpc) is 2.70. The van der Waals surface area contributed by atoms with Gasteiger partial charge < -0.3 is 14.3 Å². The van der Waals surface area contributed by atoms with Crippen molar-refractivity contribution in [3.63, 3.8) is 0 Å². The van der Waals surface area contributed by atoms with Gasteiger partial charge in [0.1, 0.15) is 17.3 Å². The second-order valence-corrected chi connectivity index (χ2v) is 6.40. The summed E-state index contributed by atoms with van der Waals surface area (Å²) in [5.74, 6) is 0.153. The zero-order chi connectivity index (χ0) is 21.0. The van der Waals surface area contributed by atoms with Gasteiger partial charge in [0.25, 0.3) is 5.69 Å². The van der Waals surface area contributed by atoms with Crippen LogP contribution < -0.4 is 10.4 Å². The lowest BCUT2D eigenvalue weighted by Crippen LogP contribution is -2.13. The topological polar surface area (TPSA) is 103 Å². The lowest BCUT2D eigenvalue weighted by atomic mass is 9.90. The molecule has 7 heteroatoms. The maximum atomic E-state index is 12.5. The fraction of sp³-hybridized carbons (Fsp3) is 0.136. The van der Waals surface area contributed by atoms with Crippen LogP contribution in [0.1, 0.15) is 28.4 Å². The van der Waals surface area contributed by atoms with Crippen molar-refractivity contribution in [3.05, 3.63) is 104 Å². The Morgan fingerprint density at radius 3 is 2.34 bits per heavy atom. The van der Waals surface area contributed by atoms with Gasteiger partial charge >= 0.3 is 5.63 Å². The number of benzene rings is 2. The third-order valence-corrected chi connectivity index (χ3v) is 4.46. The van der Waals surface area contributed by atoms with E-state index in [1.54, 1.807) is 50.5 Å². The Hall–Kier alpha value is -3.87. The molecule has 0 bridgehead atoms. The number of non-ortho nitro benzene ring substituents is 1. The van der Waals surface area contributed by atoms with Gasteiger partial charge in [-0.2, -0.15) is 0 Å². The molecule has 0 saturated carbocycles. The Balaban J connectivity index is 2.07. The predicted molar refractivity (Wildman–Crippen MR) is 108 cm³/mol. The molecule has 0 aliphatic rings. The molecular formula is C22H19NO6. The lowest BCUT2D eigenvalue weighted by Gasteiger charge is -2.14. The van der Waals surface area contributed by atoms with E-state index in [0.29, 0.717) is 11.3 Å². The molecule has 0 amide bonds. The van der Waals surface area contributed by atoms with E-state index in [0.717, 1.165) is 5.56 Å². The van der Waals surface area contributed by atoms with Crippen LogP contribution >= 0.6 is 0 Å². The van der Waals surface area contributed by atoms with Crippen LogP contribution in [0.3, 0.4) is 0 Å². The number of hydrogen-bond acceptors (Lipinski definition) is 6. The molecule has 1 N–H and O–H groups in total. The number of methoxy groups -OCH3 is 1. The summed E-state index contributed by atoms with van der Waals surface area (Å²) < 4.78 is 10.3. The maximum absolute atomic E-state index is 12.5. The summed E-state index contributed by atoms with van der Waals surface area (Å²) in [4.78, 5) is 22.9. The largest absolute Gasteiger partial charge is 0.507 e. The SMILES string of the molecule is COc1ccc(/C=C/C(c2ccc([N+](=O)[O-])cc2)c2c(O)cc(C)oc2=O)cc1. The highest BCUT2D eigenvalue weighted by Gasteiger charge is 2.21. The zero-order valence-electron chi connectivity index (χ0n) is 15.9. The Morgan fingerprint density at radius 2 is 1.79 bits per heavy atom. The molecule has 3 rings (SSSR count). The summed E-state index contributed by atoms with van der Waals surface area (Å²) in [5, 5.41) is 21.3. The summed E-state index contributed by atoms with van der Waals surface area (Å²) in [5.41, 5.74) is 0.798. The van der Waals surface area contributed by atoms with Crippen LogP contribution in [-0.4, -0.2) is 17.1 Å². The van der Waals surface area contributed by atoms with Crippen molar-refractivity contribution in [1.29, 1.82) is 0 Å². The van der Waals surface area contributed by atoms with Gasteiger partial charge in [-0.3, -0.25) is 10.1 Å². The summed E-state index contributed by atoms with van der Waals surface area (Å²) in [7, 11) is 1.58. The van der Waals surface area contributed by atoms with Crippen LogP contribution in [0.4, 0.5) is 5.69 Å². The first-order chi connectivity index (χ1) is 13.9. The van der Waals surface area contributed by atoms with E-state index >= 15 is 0 Å². The molecule has 0 saturated heterocycles. The number of hydrogen-bond donors (Lipinski definition) is 1. The molecule has 1 atom stereocenters. The smallest absolute Gasteiger partial charge is 0.343 e. The standard InChI is InChI=1S/C22H19NO6/c1-14-13-20(24)21(22(25)29-14)19(16-6-8-17(9-7-16)23(26)27)12-5-15-3-10-18(28-2)11-4-15/h3-13,19,24H,1-2H3/b12-5+. The third-order valence-electron chi connectivity index (χ3n) is 4.46. The van der Waals surface area contributed by atoms with E-state index in [1.165, 1.54) is 18.2 Å². The monoisotopic (exact) mass is 393 g/mol. The van der Waals surface area contributed by atoms with Gasteiger partial charge in [-0.25, -0.2) is 4.79 Å². The minimum atomic E-state index is -0.662. The number of nitro groups is 1. The first-order valence-corrected chi connectivity index (χ1v) is 8.79. The van der Waals surface area contributed by atoms with Crippen molar-refractivity contribution in [2.75, 3.05) is 7.11 Å². The molecule has 148 valence electrons. The van der Waals surface area contributed by atoms with E-state index < -0.39 is 16.5 Å². The average molecular weight is 393 g/mol. The third kappa shape index (κ3) is 4.52. The van der Waals surface area contributed by atoms with Crippen LogP contribution in [-0.2, 0) is 0 Å². The Kier molecular flexibility index (Phi) is 5.78. The van der Waals surface area contributed by atoms with Crippen LogP contribution in [0.15, 0.2) is 69.9 Å². The van der Waals surface area contributed by atoms with E-state index in [4.69, 9.17) is 9.15 Å². The van der Waals surface area contributed by atoms with E-state index in [2.05, 4.69) is 0 Å². The first kappa shape index (κ1) is 19.9. The van der Waals surface area contributed by atoms with Gasteiger partial charge in [-0.05, 0) is 30.2 Å². The number of aryl methyl sites for hydroxylation is 1. The molecule has 2 aromatic carbocycles. The van der Waals surface area contributed by atoms with Crippen molar-refractivity contribution in [2.45, 2.75) is 12.8 Å². The number of nitro benzene ring substituents is 1. The van der Waals surface area contributed by atoms with Crippen LogP contribution in [0, 0.1) is 17.0 Å². The molecule has 0 spiro atoms. The second-order valence-electron chi connectivity index (χ2n) is 6.40. The van der Waals surface area contributed by atoms with Crippen LogP contribution in [0.5, 0.6) is 11.5 Å². The summed E-state index contributed by atoms with van der Waals surface area (Å²) in [6, 6.07) is 14.5.